The van der Waals surface area contributed by atoms with Crippen LogP contribution in [-0.4, -0.2) is 0 Å². The molecule has 1 aromatic carbocycles. The Morgan fingerprint density at radius 2 is 1.89 bits per heavy atom. The summed E-state index contributed by atoms with van der Waals surface area (Å²) >= 11 is 6.55. The quantitative estimate of drug-likeness (QED) is 0.755. The SMILES string of the molecule is Cc1cc(C(Cl)c2ccc3c(c2)COC3)c(C)o1. The van der Waals surface area contributed by atoms with Crippen LogP contribution in [0.5, 0.6) is 0 Å². The minimum absolute atomic E-state index is 0.159. The highest BCUT2D eigenvalue weighted by molar-refractivity contribution is 6.22. The number of halogens is 1. The monoisotopic (exact) mass is 262 g/mol. The number of ether oxygens (including phenoxy) is 1. The van der Waals surface area contributed by atoms with E-state index < -0.39 is 0 Å². The van der Waals surface area contributed by atoms with Gasteiger partial charge in [-0.05, 0) is 36.6 Å². The van der Waals surface area contributed by atoms with E-state index >= 15 is 0 Å². The molecule has 1 unspecified atom stereocenters. The zero-order valence-corrected chi connectivity index (χ0v) is 11.3. The Hall–Kier alpha value is -1.25. The van der Waals surface area contributed by atoms with Gasteiger partial charge in [0.25, 0.3) is 0 Å². The maximum Gasteiger partial charge on any atom is 0.106 e. The molecule has 2 heterocycles. The number of alkyl halides is 1. The number of furan rings is 1. The van der Waals surface area contributed by atoms with Gasteiger partial charge in [0.1, 0.15) is 11.5 Å². The number of fused-ring (bicyclic) bond motifs is 1. The molecule has 3 rings (SSSR count). The van der Waals surface area contributed by atoms with E-state index in [1.165, 1.54) is 11.1 Å². The Morgan fingerprint density at radius 1 is 1.11 bits per heavy atom. The van der Waals surface area contributed by atoms with Crippen LogP contribution in [0.15, 0.2) is 28.7 Å². The number of benzene rings is 1. The second kappa shape index (κ2) is 4.45. The molecule has 0 saturated carbocycles. The number of hydrogen-bond acceptors (Lipinski definition) is 2. The molecular formula is C15H15ClO2. The fourth-order valence-electron chi connectivity index (χ4n) is 2.43. The summed E-state index contributed by atoms with van der Waals surface area (Å²) in [6.45, 7) is 5.30. The van der Waals surface area contributed by atoms with E-state index in [4.69, 9.17) is 20.8 Å². The van der Waals surface area contributed by atoms with E-state index in [0.29, 0.717) is 13.2 Å². The first-order valence-corrected chi connectivity index (χ1v) is 6.49. The van der Waals surface area contributed by atoms with E-state index in [1.807, 2.05) is 19.9 Å². The summed E-state index contributed by atoms with van der Waals surface area (Å²) in [6, 6.07) is 8.33. The molecule has 2 aromatic rings. The van der Waals surface area contributed by atoms with Crippen molar-refractivity contribution < 1.29 is 9.15 Å². The lowest BCUT2D eigenvalue weighted by atomic mass is 10.0. The van der Waals surface area contributed by atoms with E-state index in [1.54, 1.807) is 0 Å². The van der Waals surface area contributed by atoms with Crippen molar-refractivity contribution >= 4 is 11.6 Å². The van der Waals surface area contributed by atoms with Crippen molar-refractivity contribution in [1.82, 2.24) is 0 Å². The largest absolute Gasteiger partial charge is 0.466 e. The molecule has 1 atom stereocenters. The Bertz CT molecular complexity index is 586. The molecule has 94 valence electrons. The highest BCUT2D eigenvalue weighted by atomic mass is 35.5. The van der Waals surface area contributed by atoms with Crippen LogP contribution in [0, 0.1) is 13.8 Å². The van der Waals surface area contributed by atoms with Gasteiger partial charge in [-0.1, -0.05) is 18.2 Å². The standard InChI is InChI=1S/C15H15ClO2/c1-9-5-14(10(2)18-9)15(16)11-3-4-12-7-17-8-13(12)6-11/h3-6,15H,7-8H2,1-2H3. The fraction of sp³-hybridized carbons (Fsp3) is 0.333. The van der Waals surface area contributed by atoms with Gasteiger partial charge in [-0.15, -0.1) is 11.6 Å². The number of rotatable bonds is 2. The summed E-state index contributed by atoms with van der Waals surface area (Å²) < 4.78 is 11.0. The second-order valence-electron chi connectivity index (χ2n) is 4.75. The molecule has 0 N–H and O–H groups in total. The maximum atomic E-state index is 6.55. The molecule has 0 aliphatic carbocycles. The normalized spacial score (nSPS) is 15.7. The van der Waals surface area contributed by atoms with Gasteiger partial charge in [-0.3, -0.25) is 0 Å². The van der Waals surface area contributed by atoms with Gasteiger partial charge in [0.05, 0.1) is 18.6 Å². The third-order valence-corrected chi connectivity index (χ3v) is 3.88. The summed E-state index contributed by atoms with van der Waals surface area (Å²) in [7, 11) is 0. The van der Waals surface area contributed by atoms with Gasteiger partial charge in [0.15, 0.2) is 0 Å². The molecule has 0 radical (unpaired) electrons. The zero-order chi connectivity index (χ0) is 12.7. The molecule has 18 heavy (non-hydrogen) atoms. The third kappa shape index (κ3) is 1.96. The molecule has 0 amide bonds. The minimum atomic E-state index is -0.159. The Labute approximate surface area is 112 Å². The molecular weight excluding hydrogens is 248 g/mol. The number of hydrogen-bond donors (Lipinski definition) is 0. The van der Waals surface area contributed by atoms with Crippen LogP contribution in [0.2, 0.25) is 0 Å². The lowest BCUT2D eigenvalue weighted by molar-refractivity contribution is 0.134. The first-order chi connectivity index (χ1) is 8.65. The van der Waals surface area contributed by atoms with Gasteiger partial charge in [-0.2, -0.15) is 0 Å². The Balaban J connectivity index is 1.97. The van der Waals surface area contributed by atoms with Crippen LogP contribution in [-0.2, 0) is 18.0 Å². The summed E-state index contributed by atoms with van der Waals surface area (Å²) in [5.74, 6) is 1.79. The predicted molar refractivity (Wildman–Crippen MR) is 70.8 cm³/mol. The molecule has 0 bridgehead atoms. The van der Waals surface area contributed by atoms with Crippen molar-refractivity contribution in [3.63, 3.8) is 0 Å². The van der Waals surface area contributed by atoms with E-state index in [9.17, 15) is 0 Å². The van der Waals surface area contributed by atoms with Gasteiger partial charge in [0.2, 0.25) is 0 Å². The summed E-state index contributed by atoms with van der Waals surface area (Å²) in [5, 5.41) is -0.159. The molecule has 0 spiro atoms. The van der Waals surface area contributed by atoms with Crippen molar-refractivity contribution in [3.8, 4) is 0 Å². The molecule has 1 aliphatic heterocycles. The first kappa shape index (κ1) is 11.8. The fourth-order valence-corrected chi connectivity index (χ4v) is 2.78. The molecule has 1 aliphatic rings. The molecule has 3 heteroatoms. The highest BCUT2D eigenvalue weighted by Crippen LogP contribution is 2.34. The maximum absolute atomic E-state index is 6.55. The highest BCUT2D eigenvalue weighted by Gasteiger charge is 2.19. The van der Waals surface area contributed by atoms with Crippen molar-refractivity contribution in [2.45, 2.75) is 32.4 Å². The van der Waals surface area contributed by atoms with E-state index in [-0.39, 0.29) is 5.38 Å². The lowest BCUT2D eigenvalue weighted by Crippen LogP contribution is -1.95. The van der Waals surface area contributed by atoms with Crippen LogP contribution in [0.25, 0.3) is 0 Å². The lowest BCUT2D eigenvalue weighted by Gasteiger charge is -2.10. The third-order valence-electron chi connectivity index (χ3n) is 3.39. The van der Waals surface area contributed by atoms with Gasteiger partial charge in [0, 0.05) is 5.56 Å². The molecule has 0 saturated heterocycles. The molecule has 0 fully saturated rings. The van der Waals surface area contributed by atoms with Gasteiger partial charge in [-0.25, -0.2) is 0 Å². The topological polar surface area (TPSA) is 22.4 Å². The smallest absolute Gasteiger partial charge is 0.106 e. The Morgan fingerprint density at radius 3 is 2.61 bits per heavy atom. The average molecular weight is 263 g/mol. The van der Waals surface area contributed by atoms with Crippen molar-refractivity contribution in [2.75, 3.05) is 0 Å². The van der Waals surface area contributed by atoms with Crippen LogP contribution < -0.4 is 0 Å². The second-order valence-corrected chi connectivity index (χ2v) is 5.19. The zero-order valence-electron chi connectivity index (χ0n) is 10.5. The molecule has 1 aromatic heterocycles. The summed E-state index contributed by atoms with van der Waals surface area (Å²) in [5.41, 5.74) is 4.66. The van der Waals surface area contributed by atoms with Crippen LogP contribution in [0.1, 0.15) is 39.2 Å². The minimum Gasteiger partial charge on any atom is -0.466 e. The summed E-state index contributed by atoms with van der Waals surface area (Å²) in [6.07, 6.45) is 0. The number of aryl methyl sites for hydroxylation is 2. The summed E-state index contributed by atoms with van der Waals surface area (Å²) in [4.78, 5) is 0. The van der Waals surface area contributed by atoms with Crippen LogP contribution in [0.3, 0.4) is 0 Å². The van der Waals surface area contributed by atoms with Crippen LogP contribution in [0.4, 0.5) is 0 Å². The van der Waals surface area contributed by atoms with Gasteiger partial charge < -0.3 is 9.15 Å². The van der Waals surface area contributed by atoms with E-state index in [2.05, 4.69) is 18.2 Å². The van der Waals surface area contributed by atoms with Crippen molar-refractivity contribution in [2.24, 2.45) is 0 Å². The molecule has 2 nitrogen and oxygen atoms in total. The van der Waals surface area contributed by atoms with E-state index in [0.717, 1.165) is 22.6 Å². The van der Waals surface area contributed by atoms with Gasteiger partial charge >= 0.3 is 0 Å². The predicted octanol–water partition coefficient (Wildman–Crippen LogP) is 4.25. The average Bonchev–Trinajstić information content (AvgIpc) is 2.93. The Kier molecular flexibility index (Phi) is 2.92. The van der Waals surface area contributed by atoms with Crippen molar-refractivity contribution in [3.05, 3.63) is 58.0 Å². The van der Waals surface area contributed by atoms with Crippen molar-refractivity contribution in [1.29, 1.82) is 0 Å². The first-order valence-electron chi connectivity index (χ1n) is 6.05. The van der Waals surface area contributed by atoms with Crippen LogP contribution >= 0.6 is 11.6 Å².